The average molecular weight is 227 g/mol. The first-order valence-electron chi connectivity index (χ1n) is 5.98. The van der Waals surface area contributed by atoms with Crippen LogP contribution in [0.2, 0.25) is 0 Å². The monoisotopic (exact) mass is 227 g/mol. The van der Waals surface area contributed by atoms with Gasteiger partial charge in [0.2, 0.25) is 5.91 Å². The second-order valence-electron chi connectivity index (χ2n) is 5.02. The SMILES string of the molecule is CC(C)CC(=O)N1CCC(CC(=O)O)CC1. The standard InChI is InChI=1S/C12H21NO3/c1-9(2)7-11(14)13-5-3-10(4-6-13)8-12(15)16/h9-10H,3-8H2,1-2H3,(H,15,16). The van der Waals surface area contributed by atoms with Gasteiger partial charge in [0.15, 0.2) is 0 Å². The van der Waals surface area contributed by atoms with Crippen LogP contribution in [0.5, 0.6) is 0 Å². The fraction of sp³-hybridized carbons (Fsp3) is 0.833. The first-order chi connectivity index (χ1) is 7.49. The lowest BCUT2D eigenvalue weighted by Crippen LogP contribution is -2.39. The molecule has 0 aromatic heterocycles. The summed E-state index contributed by atoms with van der Waals surface area (Å²) >= 11 is 0. The van der Waals surface area contributed by atoms with Crippen molar-refractivity contribution in [1.29, 1.82) is 0 Å². The number of hydrogen-bond donors (Lipinski definition) is 1. The van der Waals surface area contributed by atoms with Gasteiger partial charge in [-0.2, -0.15) is 0 Å². The zero-order valence-electron chi connectivity index (χ0n) is 10.1. The van der Waals surface area contributed by atoms with Crippen molar-refractivity contribution in [3.05, 3.63) is 0 Å². The van der Waals surface area contributed by atoms with Crippen LogP contribution in [0.25, 0.3) is 0 Å². The Morgan fingerprint density at radius 3 is 2.31 bits per heavy atom. The lowest BCUT2D eigenvalue weighted by Gasteiger charge is -2.31. The van der Waals surface area contributed by atoms with Crippen LogP contribution >= 0.6 is 0 Å². The van der Waals surface area contributed by atoms with Crippen LogP contribution in [0.1, 0.15) is 39.5 Å². The fourth-order valence-electron chi connectivity index (χ4n) is 2.11. The van der Waals surface area contributed by atoms with Gasteiger partial charge >= 0.3 is 5.97 Å². The summed E-state index contributed by atoms with van der Waals surface area (Å²) in [7, 11) is 0. The molecule has 4 heteroatoms. The fourth-order valence-corrected chi connectivity index (χ4v) is 2.11. The van der Waals surface area contributed by atoms with Gasteiger partial charge in [0.25, 0.3) is 0 Å². The average Bonchev–Trinajstić information content (AvgIpc) is 2.16. The molecular formula is C12H21NO3. The van der Waals surface area contributed by atoms with E-state index in [1.807, 2.05) is 18.7 Å². The number of carboxylic acids is 1. The van der Waals surface area contributed by atoms with Gasteiger partial charge in [-0.25, -0.2) is 0 Å². The van der Waals surface area contributed by atoms with Crippen molar-refractivity contribution in [3.63, 3.8) is 0 Å². The highest BCUT2D eigenvalue weighted by Gasteiger charge is 2.24. The molecule has 16 heavy (non-hydrogen) atoms. The number of aliphatic carboxylic acids is 1. The number of likely N-dealkylation sites (tertiary alicyclic amines) is 1. The Hall–Kier alpha value is -1.06. The van der Waals surface area contributed by atoms with Crippen LogP contribution in [-0.2, 0) is 9.59 Å². The number of nitrogens with zero attached hydrogens (tertiary/aromatic N) is 1. The van der Waals surface area contributed by atoms with Crippen molar-refractivity contribution >= 4 is 11.9 Å². The Balaban J connectivity index is 2.31. The highest BCUT2D eigenvalue weighted by molar-refractivity contribution is 5.76. The Morgan fingerprint density at radius 1 is 1.31 bits per heavy atom. The second kappa shape index (κ2) is 5.87. The van der Waals surface area contributed by atoms with Gasteiger partial charge in [-0.05, 0) is 24.7 Å². The van der Waals surface area contributed by atoms with E-state index in [0.29, 0.717) is 12.3 Å². The number of amides is 1. The molecule has 1 aliphatic heterocycles. The van der Waals surface area contributed by atoms with Crippen LogP contribution in [0.4, 0.5) is 0 Å². The Kier molecular flexibility index (Phi) is 4.77. The second-order valence-corrected chi connectivity index (χ2v) is 5.02. The van der Waals surface area contributed by atoms with E-state index in [1.54, 1.807) is 0 Å². The van der Waals surface area contributed by atoms with E-state index in [9.17, 15) is 9.59 Å². The summed E-state index contributed by atoms with van der Waals surface area (Å²) in [5.41, 5.74) is 0. The van der Waals surface area contributed by atoms with E-state index in [0.717, 1.165) is 25.9 Å². The third-order valence-electron chi connectivity index (χ3n) is 3.01. The maximum atomic E-state index is 11.7. The van der Waals surface area contributed by atoms with Crippen molar-refractivity contribution in [3.8, 4) is 0 Å². The van der Waals surface area contributed by atoms with Gasteiger partial charge in [0, 0.05) is 25.9 Å². The lowest BCUT2D eigenvalue weighted by molar-refractivity contribution is -0.138. The molecule has 0 unspecified atom stereocenters. The normalized spacial score (nSPS) is 17.8. The lowest BCUT2D eigenvalue weighted by atomic mass is 9.93. The molecule has 1 aliphatic rings. The van der Waals surface area contributed by atoms with Crippen LogP contribution in [0, 0.1) is 11.8 Å². The molecule has 4 nitrogen and oxygen atoms in total. The van der Waals surface area contributed by atoms with Crippen molar-refractivity contribution in [2.75, 3.05) is 13.1 Å². The molecule has 1 heterocycles. The van der Waals surface area contributed by atoms with Crippen LogP contribution in [-0.4, -0.2) is 35.0 Å². The molecule has 0 bridgehead atoms. The minimum absolute atomic E-state index is 0.212. The molecule has 1 N–H and O–H groups in total. The summed E-state index contributed by atoms with van der Waals surface area (Å²) in [6.07, 6.45) is 2.50. The summed E-state index contributed by atoms with van der Waals surface area (Å²) in [5.74, 6) is 0.126. The van der Waals surface area contributed by atoms with E-state index < -0.39 is 5.97 Å². The van der Waals surface area contributed by atoms with E-state index in [1.165, 1.54) is 0 Å². The summed E-state index contributed by atoms with van der Waals surface area (Å²) < 4.78 is 0. The van der Waals surface area contributed by atoms with E-state index in [-0.39, 0.29) is 18.2 Å². The van der Waals surface area contributed by atoms with Crippen molar-refractivity contribution in [1.82, 2.24) is 4.90 Å². The highest BCUT2D eigenvalue weighted by atomic mass is 16.4. The molecule has 1 fully saturated rings. The van der Waals surface area contributed by atoms with Gasteiger partial charge < -0.3 is 10.0 Å². The van der Waals surface area contributed by atoms with Gasteiger partial charge in [-0.15, -0.1) is 0 Å². The molecule has 1 amide bonds. The van der Waals surface area contributed by atoms with Gasteiger partial charge in [0.1, 0.15) is 0 Å². The molecule has 0 saturated carbocycles. The Morgan fingerprint density at radius 2 is 1.88 bits per heavy atom. The maximum Gasteiger partial charge on any atom is 0.303 e. The Labute approximate surface area is 96.6 Å². The smallest absolute Gasteiger partial charge is 0.303 e. The molecule has 1 saturated heterocycles. The van der Waals surface area contributed by atoms with Crippen molar-refractivity contribution < 1.29 is 14.7 Å². The molecule has 1 rings (SSSR count). The topological polar surface area (TPSA) is 57.6 Å². The summed E-state index contributed by atoms with van der Waals surface area (Å²) in [6.45, 7) is 5.52. The summed E-state index contributed by atoms with van der Waals surface area (Å²) in [5, 5.41) is 8.68. The Bertz CT molecular complexity index is 255. The molecule has 92 valence electrons. The van der Waals surface area contributed by atoms with E-state index >= 15 is 0 Å². The predicted molar refractivity (Wildman–Crippen MR) is 61.0 cm³/mol. The predicted octanol–water partition coefficient (Wildman–Crippen LogP) is 1.75. The highest BCUT2D eigenvalue weighted by Crippen LogP contribution is 2.21. The molecule has 0 atom stereocenters. The van der Waals surface area contributed by atoms with Crippen molar-refractivity contribution in [2.24, 2.45) is 11.8 Å². The van der Waals surface area contributed by atoms with Crippen LogP contribution in [0.15, 0.2) is 0 Å². The molecule has 0 spiro atoms. The third-order valence-corrected chi connectivity index (χ3v) is 3.01. The summed E-state index contributed by atoms with van der Waals surface area (Å²) in [6, 6.07) is 0. The maximum absolute atomic E-state index is 11.7. The molecular weight excluding hydrogens is 206 g/mol. The van der Waals surface area contributed by atoms with Crippen LogP contribution < -0.4 is 0 Å². The van der Waals surface area contributed by atoms with Gasteiger partial charge in [-0.1, -0.05) is 13.8 Å². The molecule has 0 aromatic rings. The van der Waals surface area contributed by atoms with Crippen molar-refractivity contribution in [2.45, 2.75) is 39.5 Å². The number of rotatable bonds is 4. The number of hydrogen-bond acceptors (Lipinski definition) is 2. The number of carbonyl (C=O) groups excluding carboxylic acids is 1. The first kappa shape index (κ1) is 13.0. The quantitative estimate of drug-likeness (QED) is 0.796. The molecule has 0 radical (unpaired) electrons. The third kappa shape index (κ3) is 4.21. The number of carbonyl (C=O) groups is 2. The zero-order valence-corrected chi connectivity index (χ0v) is 10.1. The summed E-state index contributed by atoms with van der Waals surface area (Å²) in [4.78, 5) is 24.2. The number of piperidine rings is 1. The minimum atomic E-state index is -0.730. The van der Waals surface area contributed by atoms with Crippen LogP contribution in [0.3, 0.4) is 0 Å². The number of carboxylic acid groups (broad SMARTS) is 1. The van der Waals surface area contributed by atoms with Gasteiger partial charge in [0.05, 0.1) is 0 Å². The largest absolute Gasteiger partial charge is 0.481 e. The zero-order chi connectivity index (χ0) is 12.1. The van der Waals surface area contributed by atoms with E-state index in [4.69, 9.17) is 5.11 Å². The first-order valence-corrected chi connectivity index (χ1v) is 5.98. The van der Waals surface area contributed by atoms with E-state index in [2.05, 4.69) is 0 Å². The molecule has 0 aromatic carbocycles. The molecule has 0 aliphatic carbocycles. The van der Waals surface area contributed by atoms with Gasteiger partial charge in [-0.3, -0.25) is 9.59 Å². The minimum Gasteiger partial charge on any atom is -0.481 e.